The molecular formula is C64H118O6. The predicted octanol–water partition coefficient (Wildman–Crippen LogP) is 20.8. The van der Waals surface area contributed by atoms with Crippen molar-refractivity contribution < 1.29 is 28.6 Å². The molecule has 410 valence electrons. The fourth-order valence-corrected chi connectivity index (χ4v) is 9.23. The van der Waals surface area contributed by atoms with Gasteiger partial charge in [-0.1, -0.05) is 301 Å². The molecule has 6 heteroatoms. The van der Waals surface area contributed by atoms with E-state index in [1.54, 1.807) is 0 Å². The Morgan fingerprint density at radius 3 is 0.843 bits per heavy atom. The van der Waals surface area contributed by atoms with Gasteiger partial charge in [0.1, 0.15) is 13.2 Å². The minimum atomic E-state index is -0.795. The molecule has 0 aliphatic heterocycles. The summed E-state index contributed by atoms with van der Waals surface area (Å²) >= 11 is 0. The van der Waals surface area contributed by atoms with Crippen molar-refractivity contribution in [1.29, 1.82) is 0 Å². The predicted molar refractivity (Wildman–Crippen MR) is 302 cm³/mol. The SMILES string of the molecule is CCCCCCCC/C=C\C/C=C\C/C=C\CCCC(=O)OC(COC(=O)CCCCCCCCCCCCCCCCCCC)COC(=O)CCCCCCCCCCCCCCCCCCCC. The first-order valence-electron chi connectivity index (χ1n) is 31.0. The molecule has 0 aliphatic carbocycles. The van der Waals surface area contributed by atoms with E-state index >= 15 is 0 Å². The van der Waals surface area contributed by atoms with Crippen molar-refractivity contribution in [2.45, 2.75) is 341 Å². The number of carbonyl (C=O) groups is 3. The zero-order chi connectivity index (χ0) is 50.7. The van der Waals surface area contributed by atoms with Crippen LogP contribution in [0.4, 0.5) is 0 Å². The molecule has 0 rings (SSSR count). The second-order valence-corrected chi connectivity index (χ2v) is 21.0. The van der Waals surface area contributed by atoms with Crippen LogP contribution in [0.3, 0.4) is 0 Å². The van der Waals surface area contributed by atoms with Gasteiger partial charge in [0.15, 0.2) is 6.10 Å². The van der Waals surface area contributed by atoms with Crippen molar-refractivity contribution in [3.05, 3.63) is 36.5 Å². The minimum absolute atomic E-state index is 0.0868. The number of allylic oxidation sites excluding steroid dienone is 6. The summed E-state index contributed by atoms with van der Waals surface area (Å²) in [5.74, 6) is -0.916. The van der Waals surface area contributed by atoms with Crippen LogP contribution in [-0.2, 0) is 28.6 Å². The smallest absolute Gasteiger partial charge is 0.306 e. The second-order valence-electron chi connectivity index (χ2n) is 21.0. The summed E-state index contributed by atoms with van der Waals surface area (Å²) in [7, 11) is 0. The highest BCUT2D eigenvalue weighted by Gasteiger charge is 2.19. The summed E-state index contributed by atoms with van der Waals surface area (Å²) in [5.41, 5.74) is 0. The molecule has 0 radical (unpaired) electrons. The Morgan fingerprint density at radius 2 is 0.529 bits per heavy atom. The molecule has 0 aromatic heterocycles. The monoisotopic (exact) mass is 983 g/mol. The minimum Gasteiger partial charge on any atom is -0.462 e. The maximum atomic E-state index is 12.9. The zero-order valence-electron chi connectivity index (χ0n) is 47.1. The van der Waals surface area contributed by atoms with E-state index in [4.69, 9.17) is 14.2 Å². The number of esters is 3. The first-order valence-corrected chi connectivity index (χ1v) is 31.0. The van der Waals surface area contributed by atoms with E-state index in [2.05, 4.69) is 57.2 Å². The zero-order valence-corrected chi connectivity index (χ0v) is 47.1. The van der Waals surface area contributed by atoms with E-state index in [0.29, 0.717) is 19.3 Å². The summed E-state index contributed by atoms with van der Waals surface area (Å²) in [6.45, 7) is 6.65. The molecule has 0 heterocycles. The normalized spacial score (nSPS) is 12.2. The highest BCUT2D eigenvalue weighted by molar-refractivity contribution is 5.71. The fourth-order valence-electron chi connectivity index (χ4n) is 9.23. The Bertz CT molecular complexity index is 1170. The molecule has 0 aromatic rings. The van der Waals surface area contributed by atoms with E-state index in [0.717, 1.165) is 57.8 Å². The van der Waals surface area contributed by atoms with Crippen LogP contribution < -0.4 is 0 Å². The molecule has 1 unspecified atom stereocenters. The molecule has 0 bridgehead atoms. The topological polar surface area (TPSA) is 78.9 Å². The van der Waals surface area contributed by atoms with Gasteiger partial charge in [0.25, 0.3) is 0 Å². The van der Waals surface area contributed by atoms with Crippen molar-refractivity contribution >= 4 is 17.9 Å². The molecule has 0 aromatic carbocycles. The van der Waals surface area contributed by atoms with Gasteiger partial charge in [-0.2, -0.15) is 0 Å². The fraction of sp³-hybridized carbons (Fsp3) is 0.859. The van der Waals surface area contributed by atoms with Gasteiger partial charge in [0.05, 0.1) is 0 Å². The molecule has 0 N–H and O–H groups in total. The van der Waals surface area contributed by atoms with Crippen LogP contribution in [0, 0.1) is 0 Å². The lowest BCUT2D eigenvalue weighted by molar-refractivity contribution is -0.167. The largest absolute Gasteiger partial charge is 0.462 e. The first kappa shape index (κ1) is 67.6. The molecular weight excluding hydrogens is 865 g/mol. The Balaban J connectivity index is 4.39. The van der Waals surface area contributed by atoms with Crippen molar-refractivity contribution in [2.75, 3.05) is 13.2 Å². The lowest BCUT2D eigenvalue weighted by Crippen LogP contribution is -2.30. The Morgan fingerprint density at radius 1 is 0.286 bits per heavy atom. The van der Waals surface area contributed by atoms with E-state index < -0.39 is 6.10 Å². The lowest BCUT2D eigenvalue weighted by Gasteiger charge is -2.18. The van der Waals surface area contributed by atoms with Crippen LogP contribution in [0.1, 0.15) is 335 Å². The molecule has 70 heavy (non-hydrogen) atoms. The number of carbonyl (C=O) groups excluding carboxylic acids is 3. The van der Waals surface area contributed by atoms with Crippen molar-refractivity contribution in [2.24, 2.45) is 0 Å². The number of unbranched alkanes of at least 4 members (excludes halogenated alkanes) is 40. The van der Waals surface area contributed by atoms with Gasteiger partial charge in [-0.3, -0.25) is 14.4 Å². The van der Waals surface area contributed by atoms with Crippen molar-refractivity contribution in [3.8, 4) is 0 Å². The van der Waals surface area contributed by atoms with E-state index in [1.807, 2.05) is 0 Å². The van der Waals surface area contributed by atoms with Gasteiger partial charge in [-0.15, -0.1) is 0 Å². The molecule has 0 saturated heterocycles. The van der Waals surface area contributed by atoms with E-state index in [-0.39, 0.29) is 37.5 Å². The Hall–Kier alpha value is -2.37. The second kappa shape index (κ2) is 59.2. The maximum Gasteiger partial charge on any atom is 0.306 e. The number of rotatable bonds is 57. The van der Waals surface area contributed by atoms with Gasteiger partial charge < -0.3 is 14.2 Å². The van der Waals surface area contributed by atoms with Crippen LogP contribution in [0.25, 0.3) is 0 Å². The summed E-state index contributed by atoms with van der Waals surface area (Å²) < 4.78 is 16.9. The van der Waals surface area contributed by atoms with Crippen molar-refractivity contribution in [1.82, 2.24) is 0 Å². The van der Waals surface area contributed by atoms with Gasteiger partial charge in [-0.05, 0) is 51.4 Å². The van der Waals surface area contributed by atoms with E-state index in [9.17, 15) is 14.4 Å². The molecule has 0 aliphatic rings. The molecule has 1 atom stereocenters. The third-order valence-corrected chi connectivity index (χ3v) is 13.9. The van der Waals surface area contributed by atoms with Crippen LogP contribution in [0.5, 0.6) is 0 Å². The molecule has 0 amide bonds. The third kappa shape index (κ3) is 56.5. The van der Waals surface area contributed by atoms with Gasteiger partial charge in [-0.25, -0.2) is 0 Å². The van der Waals surface area contributed by atoms with Gasteiger partial charge in [0, 0.05) is 19.3 Å². The highest BCUT2D eigenvalue weighted by atomic mass is 16.6. The Labute approximate surface area is 435 Å². The van der Waals surface area contributed by atoms with Crippen LogP contribution >= 0.6 is 0 Å². The van der Waals surface area contributed by atoms with Gasteiger partial charge in [0.2, 0.25) is 0 Å². The molecule has 0 spiro atoms. The molecule has 6 nitrogen and oxygen atoms in total. The molecule has 0 fully saturated rings. The number of hydrogen-bond acceptors (Lipinski definition) is 6. The van der Waals surface area contributed by atoms with Gasteiger partial charge >= 0.3 is 17.9 Å². The van der Waals surface area contributed by atoms with Crippen molar-refractivity contribution in [3.63, 3.8) is 0 Å². The lowest BCUT2D eigenvalue weighted by atomic mass is 10.0. The maximum absolute atomic E-state index is 12.9. The first-order chi connectivity index (χ1) is 34.5. The third-order valence-electron chi connectivity index (χ3n) is 13.9. The average Bonchev–Trinajstić information content (AvgIpc) is 3.36. The number of ether oxygens (including phenoxy) is 3. The standard InChI is InChI=1S/C64H118O6/c1-4-7-10-13-16-19-22-25-28-31-34-36-39-42-45-48-51-54-57-63(66)69-60-61(70-64(67)58-55-52-49-46-43-40-37-33-30-27-24-21-18-15-12-9-6-3)59-68-62(65)56-53-50-47-44-41-38-35-32-29-26-23-20-17-14-11-8-5-2/h27,30,37,40,46,49,61H,4-26,28-29,31-36,38-39,41-45,47-48,50-60H2,1-3H3/b30-27-,40-37-,49-46-. The molecule has 0 saturated carbocycles. The summed E-state index contributed by atoms with van der Waals surface area (Å²) in [5, 5.41) is 0. The summed E-state index contributed by atoms with van der Waals surface area (Å²) in [4.78, 5) is 38.2. The Kier molecular flexibility index (Phi) is 57.2. The van der Waals surface area contributed by atoms with E-state index in [1.165, 1.54) is 231 Å². The number of hydrogen-bond donors (Lipinski definition) is 0. The highest BCUT2D eigenvalue weighted by Crippen LogP contribution is 2.17. The van der Waals surface area contributed by atoms with Crippen LogP contribution in [0.15, 0.2) is 36.5 Å². The van der Waals surface area contributed by atoms with Crippen LogP contribution in [-0.4, -0.2) is 37.2 Å². The summed E-state index contributed by atoms with van der Waals surface area (Å²) in [6, 6.07) is 0. The summed E-state index contributed by atoms with van der Waals surface area (Å²) in [6.07, 6.45) is 71.5. The van der Waals surface area contributed by atoms with Crippen LogP contribution in [0.2, 0.25) is 0 Å². The average molecular weight is 984 g/mol. The quantitative estimate of drug-likeness (QED) is 0.0261.